The Hall–Kier alpha value is -2.86. The number of imidazole rings is 1. The van der Waals surface area contributed by atoms with E-state index in [0.29, 0.717) is 18.7 Å². The molecule has 28 heavy (non-hydrogen) atoms. The molecule has 2 heterocycles. The summed E-state index contributed by atoms with van der Waals surface area (Å²) in [6, 6.07) is 13.6. The summed E-state index contributed by atoms with van der Waals surface area (Å²) >= 11 is 0. The molecule has 1 atom stereocenters. The molecule has 1 aromatic heterocycles. The maximum Gasteiger partial charge on any atom is 0.251 e. The number of rotatable bonds is 6. The molecule has 6 heteroatoms. The summed E-state index contributed by atoms with van der Waals surface area (Å²) < 4.78 is 13.2. The van der Waals surface area contributed by atoms with Gasteiger partial charge in [-0.3, -0.25) is 9.36 Å². The van der Waals surface area contributed by atoms with E-state index in [4.69, 9.17) is 9.47 Å². The van der Waals surface area contributed by atoms with Gasteiger partial charge in [0.05, 0.1) is 23.7 Å². The number of ether oxygens (including phenoxy) is 2. The largest absolute Gasteiger partial charge is 0.494 e. The number of benzene rings is 2. The molecule has 146 valence electrons. The highest BCUT2D eigenvalue weighted by atomic mass is 16.5. The zero-order valence-corrected chi connectivity index (χ0v) is 16.3. The minimum Gasteiger partial charge on any atom is -0.494 e. The summed E-state index contributed by atoms with van der Waals surface area (Å²) in [6.45, 7) is 5.92. The number of nitrogens with zero attached hydrogens (tertiary/aromatic N) is 2. The van der Waals surface area contributed by atoms with Gasteiger partial charge in [-0.2, -0.15) is 0 Å². The first-order valence-electron chi connectivity index (χ1n) is 9.78. The van der Waals surface area contributed by atoms with Crippen molar-refractivity contribution in [3.8, 4) is 11.4 Å². The molecule has 0 bridgehead atoms. The summed E-state index contributed by atoms with van der Waals surface area (Å²) in [7, 11) is 0. The molecule has 0 spiro atoms. The van der Waals surface area contributed by atoms with Crippen LogP contribution in [-0.4, -0.2) is 41.3 Å². The number of hydrogen-bond donors (Lipinski definition) is 1. The van der Waals surface area contributed by atoms with E-state index in [1.165, 1.54) is 0 Å². The molecule has 3 aromatic rings. The van der Waals surface area contributed by atoms with E-state index >= 15 is 0 Å². The topological polar surface area (TPSA) is 65.4 Å². The van der Waals surface area contributed by atoms with Gasteiger partial charge in [0, 0.05) is 24.4 Å². The van der Waals surface area contributed by atoms with Crippen molar-refractivity contribution in [2.24, 2.45) is 0 Å². The lowest BCUT2D eigenvalue weighted by atomic mass is 10.1. The van der Waals surface area contributed by atoms with E-state index in [0.717, 1.165) is 47.7 Å². The molecule has 4 rings (SSSR count). The number of carbonyl (C=O) groups excluding carboxylic acids is 1. The highest BCUT2D eigenvalue weighted by Crippen LogP contribution is 2.24. The van der Waals surface area contributed by atoms with Crippen LogP contribution in [0.3, 0.4) is 0 Å². The lowest BCUT2D eigenvalue weighted by Gasteiger charge is -2.11. The molecule has 1 aliphatic rings. The highest BCUT2D eigenvalue weighted by Gasteiger charge is 2.17. The Labute approximate surface area is 164 Å². The molecule has 0 radical (unpaired) electrons. The van der Waals surface area contributed by atoms with E-state index in [1.807, 2.05) is 56.3 Å². The summed E-state index contributed by atoms with van der Waals surface area (Å²) in [6.07, 6.45) is 2.20. The third-order valence-electron chi connectivity index (χ3n) is 5.00. The average Bonchev–Trinajstić information content (AvgIpc) is 3.33. The lowest BCUT2D eigenvalue weighted by molar-refractivity contribution is 0.0858. The van der Waals surface area contributed by atoms with Crippen molar-refractivity contribution < 1.29 is 14.3 Å². The third kappa shape index (κ3) is 3.73. The second-order valence-electron chi connectivity index (χ2n) is 6.97. The van der Waals surface area contributed by atoms with Crippen LogP contribution in [0.4, 0.5) is 0 Å². The van der Waals surface area contributed by atoms with Crippen molar-refractivity contribution in [3.63, 3.8) is 0 Å². The van der Waals surface area contributed by atoms with Gasteiger partial charge in [0.2, 0.25) is 0 Å². The molecule has 1 unspecified atom stereocenters. The number of nitrogens with one attached hydrogen (secondary N) is 1. The molecule has 1 fully saturated rings. The average molecular weight is 379 g/mol. The standard InChI is InChI=1S/C22H25N3O3/c1-3-27-18-9-7-17(8-10-18)25-15(2)24-20-13-16(6-11-21(20)25)22(26)23-14-19-5-4-12-28-19/h6-11,13,19H,3-5,12,14H2,1-2H3,(H,23,26). The Morgan fingerprint density at radius 2 is 2.11 bits per heavy atom. The van der Waals surface area contributed by atoms with E-state index in [1.54, 1.807) is 0 Å². The predicted molar refractivity (Wildman–Crippen MR) is 108 cm³/mol. The molecule has 1 saturated heterocycles. The van der Waals surface area contributed by atoms with Gasteiger partial charge >= 0.3 is 0 Å². The Bertz CT molecular complexity index is 973. The van der Waals surface area contributed by atoms with E-state index in [9.17, 15) is 4.79 Å². The van der Waals surface area contributed by atoms with Crippen molar-refractivity contribution in [1.29, 1.82) is 0 Å². The van der Waals surface area contributed by atoms with Crippen molar-refractivity contribution in [2.45, 2.75) is 32.8 Å². The highest BCUT2D eigenvalue weighted by molar-refractivity contribution is 5.97. The quantitative estimate of drug-likeness (QED) is 0.710. The molecule has 6 nitrogen and oxygen atoms in total. The van der Waals surface area contributed by atoms with Gasteiger partial charge < -0.3 is 14.8 Å². The van der Waals surface area contributed by atoms with Crippen molar-refractivity contribution in [1.82, 2.24) is 14.9 Å². The molecule has 2 aromatic carbocycles. The van der Waals surface area contributed by atoms with Crippen LogP contribution in [0.5, 0.6) is 5.75 Å². The van der Waals surface area contributed by atoms with Gasteiger partial charge in [0.15, 0.2) is 0 Å². The van der Waals surface area contributed by atoms with Gasteiger partial charge in [-0.05, 0) is 69.2 Å². The molecule has 1 N–H and O–H groups in total. The summed E-state index contributed by atoms with van der Waals surface area (Å²) in [5, 5.41) is 2.96. The predicted octanol–water partition coefficient (Wildman–Crippen LogP) is 3.64. The lowest BCUT2D eigenvalue weighted by Crippen LogP contribution is -2.31. The molecule has 0 saturated carbocycles. The fraction of sp³-hybridized carbons (Fsp3) is 0.364. The first kappa shape index (κ1) is 18.5. The Kier molecular flexibility index (Phi) is 5.30. The van der Waals surface area contributed by atoms with Crippen LogP contribution in [0, 0.1) is 6.92 Å². The second kappa shape index (κ2) is 8.02. The molecular weight excluding hydrogens is 354 g/mol. The van der Waals surface area contributed by atoms with E-state index in [2.05, 4.69) is 14.9 Å². The van der Waals surface area contributed by atoms with Crippen LogP contribution in [0.1, 0.15) is 35.9 Å². The van der Waals surface area contributed by atoms with Crippen LogP contribution < -0.4 is 10.1 Å². The summed E-state index contributed by atoms with van der Waals surface area (Å²) in [5.74, 6) is 1.63. The number of hydrogen-bond acceptors (Lipinski definition) is 4. The van der Waals surface area contributed by atoms with Crippen LogP contribution in [0.15, 0.2) is 42.5 Å². The minimum atomic E-state index is -0.0920. The number of fused-ring (bicyclic) bond motifs is 1. The van der Waals surface area contributed by atoms with Crippen molar-refractivity contribution in [3.05, 3.63) is 53.9 Å². The maximum atomic E-state index is 12.5. The molecule has 0 aliphatic carbocycles. The molecule has 1 amide bonds. The summed E-state index contributed by atoms with van der Waals surface area (Å²) in [5.41, 5.74) is 3.40. The summed E-state index contributed by atoms with van der Waals surface area (Å²) in [4.78, 5) is 17.1. The monoisotopic (exact) mass is 379 g/mol. The van der Waals surface area contributed by atoms with E-state index in [-0.39, 0.29) is 12.0 Å². The van der Waals surface area contributed by atoms with Gasteiger partial charge in [0.25, 0.3) is 5.91 Å². The zero-order valence-electron chi connectivity index (χ0n) is 16.3. The van der Waals surface area contributed by atoms with Gasteiger partial charge in [-0.1, -0.05) is 0 Å². The number of aromatic nitrogens is 2. The molecule has 1 aliphatic heterocycles. The van der Waals surface area contributed by atoms with Crippen LogP contribution in [0.2, 0.25) is 0 Å². The van der Waals surface area contributed by atoms with Crippen molar-refractivity contribution in [2.75, 3.05) is 19.8 Å². The van der Waals surface area contributed by atoms with Gasteiger partial charge in [-0.15, -0.1) is 0 Å². The fourth-order valence-electron chi connectivity index (χ4n) is 3.64. The van der Waals surface area contributed by atoms with Crippen molar-refractivity contribution >= 4 is 16.9 Å². The van der Waals surface area contributed by atoms with Crippen LogP contribution in [-0.2, 0) is 4.74 Å². The SMILES string of the molecule is CCOc1ccc(-n2c(C)nc3cc(C(=O)NCC4CCCO4)ccc32)cc1. The first-order valence-corrected chi connectivity index (χ1v) is 9.78. The third-order valence-corrected chi connectivity index (χ3v) is 5.00. The van der Waals surface area contributed by atoms with Gasteiger partial charge in [-0.25, -0.2) is 4.98 Å². The maximum absolute atomic E-state index is 12.5. The minimum absolute atomic E-state index is 0.0920. The Morgan fingerprint density at radius 3 is 2.82 bits per heavy atom. The number of carbonyl (C=O) groups is 1. The van der Waals surface area contributed by atoms with Gasteiger partial charge in [0.1, 0.15) is 11.6 Å². The smallest absolute Gasteiger partial charge is 0.251 e. The number of amides is 1. The fourth-order valence-corrected chi connectivity index (χ4v) is 3.64. The first-order chi connectivity index (χ1) is 13.7. The molecular formula is C22H25N3O3. The normalized spacial score (nSPS) is 16.4. The Morgan fingerprint density at radius 1 is 1.29 bits per heavy atom. The van der Waals surface area contributed by atoms with E-state index < -0.39 is 0 Å². The number of aryl methyl sites for hydroxylation is 1. The zero-order chi connectivity index (χ0) is 19.5. The Balaban J connectivity index is 1.56. The van der Waals surface area contributed by atoms with Crippen LogP contribution >= 0.6 is 0 Å². The second-order valence-corrected chi connectivity index (χ2v) is 6.97. The van der Waals surface area contributed by atoms with Crippen LogP contribution in [0.25, 0.3) is 16.7 Å².